The molecule has 0 aliphatic heterocycles. The van der Waals surface area contributed by atoms with Crippen LogP contribution in [-0.2, 0) is 26.5 Å². The van der Waals surface area contributed by atoms with E-state index >= 15 is 0 Å². The molecule has 2 heterocycles. The Kier molecular flexibility index (Phi) is 11.7. The zero-order chi connectivity index (χ0) is 35.9. The SMILES string of the molecule is CC(C)(C)c1ccnc(-n2c3[c-]c(Oc4[c-]cccc4)ccc3c3ccccc32)c1.Cc1ccccc1N([C-]=Nc1ccccc1)c1ccccc1.[Pt]. The molecule has 2 aromatic heterocycles. The van der Waals surface area contributed by atoms with Crippen LogP contribution in [0.3, 0.4) is 0 Å². The van der Waals surface area contributed by atoms with Gasteiger partial charge in [0.1, 0.15) is 5.82 Å². The minimum absolute atomic E-state index is 0. The molecule has 0 spiro atoms. The Morgan fingerprint density at radius 2 is 1.42 bits per heavy atom. The second-order valence-corrected chi connectivity index (χ2v) is 13.4. The standard InChI is InChI=1S/C27H22N2O.C20H17N2.Pt/c1-27(2,3)19-15-16-28-26(17-19)29-24-12-8-7-11-22(24)23-14-13-21(18-25(23)29)30-20-9-5-4-6-10-20;1-17-10-8-9-15-20(17)22(19-13-6-3-7-14-19)16-21-18-11-4-2-5-12-18;/h4-9,11-17H,1-3H3;2-15H,1H3;/q-2;-1;. The van der Waals surface area contributed by atoms with E-state index in [0.29, 0.717) is 11.5 Å². The van der Waals surface area contributed by atoms with Crippen molar-refractivity contribution in [1.82, 2.24) is 9.55 Å². The first kappa shape index (κ1) is 37.0. The summed E-state index contributed by atoms with van der Waals surface area (Å²) in [5.41, 5.74) is 7.51. The predicted molar refractivity (Wildman–Crippen MR) is 215 cm³/mol. The molecule has 8 aromatic rings. The summed E-state index contributed by atoms with van der Waals surface area (Å²) in [6, 6.07) is 59.1. The first-order chi connectivity index (χ1) is 25.3. The van der Waals surface area contributed by atoms with Crippen LogP contribution >= 0.6 is 0 Å². The van der Waals surface area contributed by atoms with E-state index in [4.69, 9.17) is 9.72 Å². The van der Waals surface area contributed by atoms with Gasteiger partial charge < -0.3 is 19.2 Å². The van der Waals surface area contributed by atoms with E-state index in [0.717, 1.165) is 39.3 Å². The van der Waals surface area contributed by atoms with E-state index in [9.17, 15) is 0 Å². The van der Waals surface area contributed by atoms with E-state index < -0.39 is 0 Å². The first-order valence-electron chi connectivity index (χ1n) is 17.3. The van der Waals surface area contributed by atoms with Gasteiger partial charge in [-0.15, -0.1) is 29.7 Å². The van der Waals surface area contributed by atoms with Gasteiger partial charge in [0.25, 0.3) is 0 Å². The number of hydrogen-bond donors (Lipinski definition) is 0. The van der Waals surface area contributed by atoms with Crippen LogP contribution < -0.4 is 9.64 Å². The van der Waals surface area contributed by atoms with Gasteiger partial charge >= 0.3 is 0 Å². The molecule has 0 radical (unpaired) electrons. The van der Waals surface area contributed by atoms with Gasteiger partial charge in [-0.3, -0.25) is 0 Å². The van der Waals surface area contributed by atoms with Gasteiger partial charge in [0, 0.05) is 50.6 Å². The van der Waals surface area contributed by atoms with Crippen molar-refractivity contribution in [3.63, 3.8) is 0 Å². The normalized spacial score (nSPS) is 11.2. The molecule has 0 unspecified atom stereocenters. The van der Waals surface area contributed by atoms with Crippen LogP contribution in [0.4, 0.5) is 17.1 Å². The van der Waals surface area contributed by atoms with Crippen molar-refractivity contribution < 1.29 is 25.8 Å². The summed E-state index contributed by atoms with van der Waals surface area (Å²) >= 11 is 0. The van der Waals surface area contributed by atoms with Crippen LogP contribution in [0.2, 0.25) is 0 Å². The van der Waals surface area contributed by atoms with Gasteiger partial charge in [-0.25, -0.2) is 4.98 Å². The van der Waals surface area contributed by atoms with Gasteiger partial charge in [0.2, 0.25) is 0 Å². The molecule has 0 aliphatic rings. The maximum Gasteiger partial charge on any atom is 0.135 e. The number of pyridine rings is 1. The molecule has 0 fully saturated rings. The average molecular weight is 871 g/mol. The number of fused-ring (bicyclic) bond motifs is 3. The molecule has 8 rings (SSSR count). The van der Waals surface area contributed by atoms with E-state index in [2.05, 4.69) is 122 Å². The molecule has 5 nitrogen and oxygen atoms in total. The van der Waals surface area contributed by atoms with Gasteiger partial charge in [0.05, 0.1) is 0 Å². The van der Waals surface area contributed by atoms with Crippen molar-refractivity contribution in [2.45, 2.75) is 33.1 Å². The molecule has 0 saturated carbocycles. The number of anilines is 2. The second kappa shape index (κ2) is 16.7. The monoisotopic (exact) mass is 870 g/mol. The van der Waals surface area contributed by atoms with E-state index in [1.807, 2.05) is 102 Å². The molecule has 6 heteroatoms. The first-order valence-corrected chi connectivity index (χ1v) is 17.3. The number of nitrogens with zero attached hydrogens (tertiary/aromatic N) is 4. The van der Waals surface area contributed by atoms with Crippen molar-refractivity contribution in [3.8, 4) is 17.3 Å². The smallest absolute Gasteiger partial charge is 0.135 e. The van der Waals surface area contributed by atoms with Crippen LogP contribution in [0.5, 0.6) is 11.5 Å². The maximum absolute atomic E-state index is 6.01. The molecule has 0 atom stereocenters. The van der Waals surface area contributed by atoms with Gasteiger partial charge in [-0.05, 0) is 58.5 Å². The largest absolute Gasteiger partial charge is 0.509 e. The summed E-state index contributed by atoms with van der Waals surface area (Å²) in [5, 5.41) is 2.29. The Balaban J connectivity index is 0.000000187. The summed E-state index contributed by atoms with van der Waals surface area (Å²) in [7, 11) is 0. The summed E-state index contributed by atoms with van der Waals surface area (Å²) in [5.74, 6) is 2.21. The maximum atomic E-state index is 6.01. The van der Waals surface area contributed by atoms with Gasteiger partial charge in [0.15, 0.2) is 0 Å². The Labute approximate surface area is 326 Å². The third-order valence-electron chi connectivity index (χ3n) is 8.70. The quantitative estimate of drug-likeness (QED) is 0.0693. The Morgan fingerprint density at radius 3 is 2.15 bits per heavy atom. The number of benzene rings is 6. The molecule has 6 aromatic carbocycles. The predicted octanol–water partition coefficient (Wildman–Crippen LogP) is 12.2. The van der Waals surface area contributed by atoms with Crippen molar-refractivity contribution in [1.29, 1.82) is 0 Å². The van der Waals surface area contributed by atoms with Crippen molar-refractivity contribution >= 4 is 45.2 Å². The summed E-state index contributed by atoms with van der Waals surface area (Å²) < 4.78 is 8.17. The van der Waals surface area contributed by atoms with Crippen LogP contribution in [-0.4, -0.2) is 15.9 Å². The number of para-hydroxylation sites is 5. The fourth-order valence-electron chi connectivity index (χ4n) is 5.99. The minimum atomic E-state index is 0. The van der Waals surface area contributed by atoms with Crippen LogP contribution in [0.15, 0.2) is 169 Å². The number of aryl methyl sites for hydroxylation is 1. The molecule has 0 bridgehead atoms. The summed E-state index contributed by atoms with van der Waals surface area (Å²) in [6.45, 7) is 8.74. The third-order valence-corrected chi connectivity index (χ3v) is 8.70. The third kappa shape index (κ3) is 8.65. The van der Waals surface area contributed by atoms with Crippen LogP contribution in [0.25, 0.3) is 27.6 Å². The summed E-state index contributed by atoms with van der Waals surface area (Å²) in [4.78, 5) is 11.2. The molecule has 0 N–H and O–H groups in total. The van der Waals surface area contributed by atoms with Gasteiger partial charge in [-0.1, -0.05) is 135 Å². The number of ether oxygens (including phenoxy) is 1. The van der Waals surface area contributed by atoms with Crippen molar-refractivity contribution in [2.75, 3.05) is 4.90 Å². The van der Waals surface area contributed by atoms with Crippen molar-refractivity contribution in [2.24, 2.45) is 4.99 Å². The topological polar surface area (TPSA) is 42.6 Å². The van der Waals surface area contributed by atoms with Crippen LogP contribution in [0, 0.1) is 19.1 Å². The zero-order valence-electron chi connectivity index (χ0n) is 30.1. The molecule has 0 aliphatic carbocycles. The molecular weight excluding hydrogens is 832 g/mol. The zero-order valence-corrected chi connectivity index (χ0v) is 32.4. The summed E-state index contributed by atoms with van der Waals surface area (Å²) in [6.07, 6.45) is 5.05. The number of hydrogen-bond acceptors (Lipinski definition) is 3. The van der Waals surface area contributed by atoms with Gasteiger partial charge in [-0.2, -0.15) is 24.3 Å². The number of aliphatic imine (C=N–C) groups is 1. The molecule has 0 amide bonds. The van der Waals surface area contributed by atoms with E-state index in [1.54, 1.807) is 0 Å². The molecular formula is C47H39N4OPt-3. The Bertz CT molecular complexity index is 2440. The number of aromatic nitrogens is 2. The number of rotatable bonds is 7. The van der Waals surface area contributed by atoms with Crippen molar-refractivity contribution in [3.05, 3.63) is 187 Å². The molecule has 0 saturated heterocycles. The Morgan fingerprint density at radius 1 is 0.717 bits per heavy atom. The fraction of sp³-hybridized carbons (Fsp3) is 0.106. The molecule has 266 valence electrons. The average Bonchev–Trinajstić information content (AvgIpc) is 3.50. The Hall–Kier alpha value is -5.77. The van der Waals surface area contributed by atoms with E-state index in [1.165, 1.54) is 16.5 Å². The molecule has 53 heavy (non-hydrogen) atoms. The second-order valence-electron chi connectivity index (χ2n) is 13.4. The fourth-order valence-corrected chi connectivity index (χ4v) is 5.99. The minimum Gasteiger partial charge on any atom is -0.509 e. The van der Waals surface area contributed by atoms with Crippen LogP contribution in [0.1, 0.15) is 31.9 Å². The van der Waals surface area contributed by atoms with E-state index in [-0.39, 0.29) is 26.5 Å².